The van der Waals surface area contributed by atoms with Crippen LogP contribution in [-0.4, -0.2) is 60.0 Å². The molecular formula is C9H17NO5S. The number of carbonyl (C=O) groups excluding carboxylic acids is 1. The molecule has 7 heteroatoms. The molecule has 0 aliphatic carbocycles. The molecule has 0 bridgehead atoms. The fourth-order valence-corrected chi connectivity index (χ4v) is 1.63. The molecule has 0 spiro atoms. The van der Waals surface area contributed by atoms with E-state index in [-0.39, 0.29) is 24.7 Å². The van der Waals surface area contributed by atoms with Gasteiger partial charge in [-0.05, 0) is 0 Å². The largest absolute Gasteiger partial charge is 0.480 e. The number of carboxylic acid groups (broad SMARTS) is 1. The fraction of sp³-hybridized carbons (Fsp3) is 0.778. The van der Waals surface area contributed by atoms with Crippen LogP contribution in [0.2, 0.25) is 0 Å². The highest BCUT2D eigenvalue weighted by atomic mass is 32.2. The highest BCUT2D eigenvalue weighted by Gasteiger charge is 2.18. The first-order valence-corrected chi connectivity index (χ1v) is 5.97. The summed E-state index contributed by atoms with van der Waals surface area (Å²) in [4.78, 5) is 21.9. The Hall–Kier alpha value is -0.790. The number of aliphatic hydroxyl groups is 1. The SMILES string of the molecule is COCCSCC(=O)N[C@H](CCO)C(=O)O. The first-order valence-electron chi connectivity index (χ1n) is 4.81. The van der Waals surface area contributed by atoms with Gasteiger partial charge < -0.3 is 20.3 Å². The van der Waals surface area contributed by atoms with Gasteiger partial charge in [-0.1, -0.05) is 0 Å². The lowest BCUT2D eigenvalue weighted by atomic mass is 10.2. The molecule has 0 aliphatic rings. The van der Waals surface area contributed by atoms with Crippen molar-refractivity contribution in [3.05, 3.63) is 0 Å². The van der Waals surface area contributed by atoms with Crippen molar-refractivity contribution in [1.82, 2.24) is 5.32 Å². The van der Waals surface area contributed by atoms with Gasteiger partial charge in [-0.2, -0.15) is 0 Å². The Morgan fingerprint density at radius 3 is 2.69 bits per heavy atom. The predicted molar refractivity (Wildman–Crippen MR) is 60.5 cm³/mol. The lowest BCUT2D eigenvalue weighted by Crippen LogP contribution is -2.42. The number of rotatable bonds is 9. The molecule has 0 fully saturated rings. The molecule has 1 amide bonds. The van der Waals surface area contributed by atoms with Crippen LogP contribution < -0.4 is 5.32 Å². The number of hydrogen-bond donors (Lipinski definition) is 3. The Morgan fingerprint density at radius 2 is 2.19 bits per heavy atom. The molecule has 0 unspecified atom stereocenters. The van der Waals surface area contributed by atoms with Crippen LogP contribution in [0.5, 0.6) is 0 Å². The Morgan fingerprint density at radius 1 is 1.50 bits per heavy atom. The zero-order chi connectivity index (χ0) is 12.4. The molecule has 1 atom stereocenters. The molecule has 0 radical (unpaired) electrons. The Bertz CT molecular complexity index is 224. The van der Waals surface area contributed by atoms with Crippen LogP contribution in [0.4, 0.5) is 0 Å². The second-order valence-electron chi connectivity index (χ2n) is 3.02. The van der Waals surface area contributed by atoms with Crippen LogP contribution >= 0.6 is 11.8 Å². The van der Waals surface area contributed by atoms with Crippen molar-refractivity contribution in [2.24, 2.45) is 0 Å². The van der Waals surface area contributed by atoms with Gasteiger partial charge in [-0.25, -0.2) is 4.79 Å². The average molecular weight is 251 g/mol. The van der Waals surface area contributed by atoms with Crippen molar-refractivity contribution in [3.8, 4) is 0 Å². The van der Waals surface area contributed by atoms with Crippen LogP contribution in [0.15, 0.2) is 0 Å². The standard InChI is InChI=1S/C9H17NO5S/c1-15-4-5-16-6-8(12)10-7(2-3-11)9(13)14/h7,11H,2-6H2,1H3,(H,10,12)(H,13,14)/t7-/m1/s1. The number of amides is 1. The lowest BCUT2D eigenvalue weighted by molar-refractivity contribution is -0.141. The van der Waals surface area contributed by atoms with Crippen LogP contribution in [0.1, 0.15) is 6.42 Å². The maximum Gasteiger partial charge on any atom is 0.326 e. The number of carbonyl (C=O) groups is 2. The van der Waals surface area contributed by atoms with E-state index in [1.165, 1.54) is 11.8 Å². The Labute approximate surface area is 98.4 Å². The van der Waals surface area contributed by atoms with Crippen LogP contribution in [0, 0.1) is 0 Å². The molecule has 0 heterocycles. The smallest absolute Gasteiger partial charge is 0.326 e. The third kappa shape index (κ3) is 7.49. The summed E-state index contributed by atoms with van der Waals surface area (Å²) < 4.78 is 4.80. The van der Waals surface area contributed by atoms with Crippen molar-refractivity contribution in [2.45, 2.75) is 12.5 Å². The molecule has 0 saturated heterocycles. The molecular weight excluding hydrogens is 234 g/mol. The van der Waals surface area contributed by atoms with Gasteiger partial charge in [-0.15, -0.1) is 11.8 Å². The maximum absolute atomic E-state index is 11.3. The van der Waals surface area contributed by atoms with Gasteiger partial charge in [0.25, 0.3) is 0 Å². The van der Waals surface area contributed by atoms with Crippen LogP contribution in [-0.2, 0) is 14.3 Å². The van der Waals surface area contributed by atoms with E-state index in [0.29, 0.717) is 12.4 Å². The molecule has 16 heavy (non-hydrogen) atoms. The van der Waals surface area contributed by atoms with Crippen molar-refractivity contribution in [1.29, 1.82) is 0 Å². The molecule has 0 saturated carbocycles. The normalized spacial score (nSPS) is 12.1. The summed E-state index contributed by atoms with van der Waals surface area (Å²) in [5, 5.41) is 19.7. The summed E-state index contributed by atoms with van der Waals surface area (Å²) in [7, 11) is 1.57. The van der Waals surface area contributed by atoms with Crippen LogP contribution in [0.3, 0.4) is 0 Å². The number of hydrogen-bond acceptors (Lipinski definition) is 5. The highest BCUT2D eigenvalue weighted by Crippen LogP contribution is 2.00. The van der Waals surface area contributed by atoms with Gasteiger partial charge in [0.2, 0.25) is 5.91 Å². The number of ether oxygens (including phenoxy) is 1. The number of carboxylic acids is 1. The molecule has 0 aromatic rings. The van der Waals surface area contributed by atoms with E-state index in [2.05, 4.69) is 5.32 Å². The van der Waals surface area contributed by atoms with Crippen molar-refractivity contribution in [2.75, 3.05) is 31.8 Å². The summed E-state index contributed by atoms with van der Waals surface area (Å²) in [5.74, 6) is -0.605. The predicted octanol–water partition coefficient (Wildman–Crippen LogP) is -0.682. The van der Waals surface area contributed by atoms with E-state index in [9.17, 15) is 9.59 Å². The topological polar surface area (TPSA) is 95.9 Å². The molecule has 3 N–H and O–H groups in total. The highest BCUT2D eigenvalue weighted by molar-refractivity contribution is 7.99. The Balaban J connectivity index is 3.77. The Kier molecular flexibility index (Phi) is 8.97. The van der Waals surface area contributed by atoms with Gasteiger partial charge in [-0.3, -0.25) is 4.79 Å². The van der Waals surface area contributed by atoms with E-state index < -0.39 is 12.0 Å². The van der Waals surface area contributed by atoms with Crippen LogP contribution in [0.25, 0.3) is 0 Å². The van der Waals surface area contributed by atoms with Gasteiger partial charge in [0, 0.05) is 25.9 Å². The molecule has 0 aliphatic heterocycles. The van der Waals surface area contributed by atoms with Crippen molar-refractivity contribution < 1.29 is 24.5 Å². The van der Waals surface area contributed by atoms with Crippen molar-refractivity contribution >= 4 is 23.6 Å². The van der Waals surface area contributed by atoms with Gasteiger partial charge >= 0.3 is 5.97 Å². The second-order valence-corrected chi connectivity index (χ2v) is 4.12. The molecule has 0 aromatic carbocycles. The lowest BCUT2D eigenvalue weighted by Gasteiger charge is -2.12. The van der Waals surface area contributed by atoms with E-state index in [1.807, 2.05) is 0 Å². The maximum atomic E-state index is 11.3. The van der Waals surface area contributed by atoms with Gasteiger partial charge in [0.1, 0.15) is 6.04 Å². The zero-order valence-corrected chi connectivity index (χ0v) is 9.96. The number of aliphatic carboxylic acids is 1. The zero-order valence-electron chi connectivity index (χ0n) is 9.14. The quantitative estimate of drug-likeness (QED) is 0.470. The summed E-state index contributed by atoms with van der Waals surface area (Å²) in [6.45, 7) is 0.283. The number of aliphatic hydroxyl groups excluding tert-OH is 1. The minimum absolute atomic E-state index is 0.0177. The number of methoxy groups -OCH3 is 1. The third-order valence-corrected chi connectivity index (χ3v) is 2.64. The number of thioether (sulfide) groups is 1. The molecule has 94 valence electrons. The third-order valence-electron chi connectivity index (χ3n) is 1.72. The summed E-state index contributed by atoms with van der Waals surface area (Å²) in [5.41, 5.74) is 0. The minimum atomic E-state index is -1.13. The average Bonchev–Trinajstić information content (AvgIpc) is 2.23. The summed E-state index contributed by atoms with van der Waals surface area (Å²) >= 11 is 1.37. The molecule has 6 nitrogen and oxygen atoms in total. The van der Waals surface area contributed by atoms with Gasteiger partial charge in [0.15, 0.2) is 0 Å². The van der Waals surface area contributed by atoms with E-state index in [0.717, 1.165) is 0 Å². The van der Waals surface area contributed by atoms with Gasteiger partial charge in [0.05, 0.1) is 12.4 Å². The van der Waals surface area contributed by atoms with Crippen molar-refractivity contribution in [3.63, 3.8) is 0 Å². The number of nitrogens with one attached hydrogen (secondary N) is 1. The first kappa shape index (κ1) is 15.2. The fourth-order valence-electron chi connectivity index (χ4n) is 0.930. The minimum Gasteiger partial charge on any atom is -0.480 e. The molecule has 0 aromatic heterocycles. The second kappa shape index (κ2) is 9.44. The summed E-state index contributed by atoms with van der Waals surface area (Å²) in [6, 6.07) is -1.01. The van der Waals surface area contributed by atoms with E-state index in [1.54, 1.807) is 7.11 Å². The van der Waals surface area contributed by atoms with E-state index >= 15 is 0 Å². The van der Waals surface area contributed by atoms with E-state index in [4.69, 9.17) is 14.9 Å². The molecule has 0 rings (SSSR count). The monoisotopic (exact) mass is 251 g/mol. The first-order chi connectivity index (χ1) is 7.61. The summed E-state index contributed by atoms with van der Waals surface area (Å²) in [6.07, 6.45) is 0.0177.